The molecule has 0 rings (SSSR count). The van der Waals surface area contributed by atoms with E-state index in [4.69, 9.17) is 9.69 Å². The van der Waals surface area contributed by atoms with Gasteiger partial charge in [-0.2, -0.15) is 5.26 Å². The Balaban J connectivity index is 4.36. The van der Waals surface area contributed by atoms with Crippen LogP contribution in [0.5, 0.6) is 0 Å². The van der Waals surface area contributed by atoms with Crippen molar-refractivity contribution >= 4 is 14.3 Å². The molecule has 4 heteroatoms. The minimum atomic E-state index is -2.01. The monoisotopic (exact) mass is 199 g/mol. The van der Waals surface area contributed by atoms with Crippen molar-refractivity contribution < 1.29 is 9.22 Å². The summed E-state index contributed by atoms with van der Waals surface area (Å²) >= 11 is 0. The van der Waals surface area contributed by atoms with Crippen LogP contribution in [-0.4, -0.2) is 14.3 Å². The second-order valence-electron chi connectivity index (χ2n) is 4.57. The van der Waals surface area contributed by atoms with Gasteiger partial charge in [-0.25, -0.2) is 0 Å². The van der Waals surface area contributed by atoms with E-state index in [1.54, 1.807) is 6.07 Å². The Morgan fingerprint density at radius 2 is 1.92 bits per heavy atom. The fourth-order valence-corrected chi connectivity index (χ4v) is 1.49. The molecule has 0 spiro atoms. The van der Waals surface area contributed by atoms with E-state index in [1.807, 2.05) is 13.1 Å². The van der Waals surface area contributed by atoms with Gasteiger partial charge in [-0.05, 0) is 18.1 Å². The SMILES string of the molecule is CC(C)(C)[Si](C)(C)OC(=O)CC#N. The first-order chi connectivity index (χ1) is 5.70. The summed E-state index contributed by atoms with van der Waals surface area (Å²) in [6, 6.07) is 1.79. The summed E-state index contributed by atoms with van der Waals surface area (Å²) in [5, 5.41) is 8.31. The van der Waals surface area contributed by atoms with Crippen LogP contribution < -0.4 is 0 Å². The van der Waals surface area contributed by atoms with Crippen molar-refractivity contribution in [1.82, 2.24) is 0 Å². The molecule has 0 aromatic rings. The normalized spacial score (nSPS) is 12.0. The van der Waals surface area contributed by atoms with E-state index in [2.05, 4.69) is 20.8 Å². The summed E-state index contributed by atoms with van der Waals surface area (Å²) in [7, 11) is -2.01. The lowest BCUT2D eigenvalue weighted by atomic mass is 10.2. The van der Waals surface area contributed by atoms with Gasteiger partial charge < -0.3 is 4.43 Å². The number of carbonyl (C=O) groups is 1. The van der Waals surface area contributed by atoms with Gasteiger partial charge in [0.25, 0.3) is 8.32 Å². The molecule has 0 aliphatic rings. The molecule has 0 aromatic carbocycles. The summed E-state index contributed by atoms with van der Waals surface area (Å²) in [6.45, 7) is 10.1. The number of nitriles is 1. The van der Waals surface area contributed by atoms with Gasteiger partial charge in [-0.3, -0.25) is 4.79 Å². The van der Waals surface area contributed by atoms with E-state index >= 15 is 0 Å². The average molecular weight is 199 g/mol. The Bertz CT molecular complexity index is 235. The highest BCUT2D eigenvalue weighted by molar-refractivity contribution is 6.75. The first kappa shape index (κ1) is 12.2. The third-order valence-corrected chi connectivity index (χ3v) is 6.75. The quantitative estimate of drug-likeness (QED) is 0.642. The molecule has 3 nitrogen and oxygen atoms in total. The fraction of sp³-hybridized carbons (Fsp3) is 0.778. The van der Waals surface area contributed by atoms with Crippen LogP contribution in [0.2, 0.25) is 18.1 Å². The Labute approximate surface area is 80.8 Å². The van der Waals surface area contributed by atoms with Crippen LogP contribution >= 0.6 is 0 Å². The molecule has 13 heavy (non-hydrogen) atoms. The van der Waals surface area contributed by atoms with Crippen molar-refractivity contribution in [3.8, 4) is 6.07 Å². The van der Waals surface area contributed by atoms with Crippen LogP contribution in [-0.2, 0) is 9.22 Å². The zero-order valence-electron chi connectivity index (χ0n) is 8.97. The molecule has 0 aliphatic heterocycles. The number of hydrogen-bond donors (Lipinski definition) is 0. The lowest BCUT2D eigenvalue weighted by Crippen LogP contribution is -2.42. The molecule has 0 amide bonds. The predicted molar refractivity (Wildman–Crippen MR) is 53.5 cm³/mol. The van der Waals surface area contributed by atoms with Crippen LogP contribution in [0, 0.1) is 11.3 Å². The average Bonchev–Trinajstić information content (AvgIpc) is 1.83. The molecule has 0 fully saturated rings. The van der Waals surface area contributed by atoms with E-state index < -0.39 is 14.3 Å². The fourth-order valence-electron chi connectivity index (χ4n) is 0.538. The predicted octanol–water partition coefficient (Wildman–Crippen LogP) is 2.45. The molecular formula is C9H17NO2Si. The maximum absolute atomic E-state index is 11.1. The highest BCUT2D eigenvalue weighted by atomic mass is 28.4. The second-order valence-corrected chi connectivity index (χ2v) is 9.29. The van der Waals surface area contributed by atoms with E-state index in [1.165, 1.54) is 0 Å². The zero-order chi connectivity index (χ0) is 10.7. The summed E-state index contributed by atoms with van der Waals surface area (Å²) in [6.07, 6.45) is -0.146. The third-order valence-electron chi connectivity index (χ3n) is 2.40. The molecular weight excluding hydrogens is 182 g/mol. The van der Waals surface area contributed by atoms with Gasteiger partial charge in [0.1, 0.15) is 6.42 Å². The van der Waals surface area contributed by atoms with E-state index in [0.717, 1.165) is 0 Å². The van der Waals surface area contributed by atoms with Crippen molar-refractivity contribution in [1.29, 1.82) is 5.26 Å². The molecule has 0 radical (unpaired) electrons. The maximum atomic E-state index is 11.1. The van der Waals surface area contributed by atoms with Crippen molar-refractivity contribution in [2.75, 3.05) is 0 Å². The Morgan fingerprint density at radius 1 is 1.46 bits per heavy atom. The summed E-state index contributed by atoms with van der Waals surface area (Å²) in [4.78, 5) is 11.1. The van der Waals surface area contributed by atoms with Crippen molar-refractivity contribution in [3.63, 3.8) is 0 Å². The lowest BCUT2D eigenvalue weighted by Gasteiger charge is -2.35. The molecule has 0 unspecified atom stereocenters. The van der Waals surface area contributed by atoms with Crippen molar-refractivity contribution in [2.45, 2.75) is 45.3 Å². The molecule has 0 heterocycles. The summed E-state index contributed by atoms with van der Waals surface area (Å²) in [5.74, 6) is -0.394. The highest BCUT2D eigenvalue weighted by Crippen LogP contribution is 2.36. The molecule has 74 valence electrons. The van der Waals surface area contributed by atoms with Crippen LogP contribution in [0.4, 0.5) is 0 Å². The van der Waals surface area contributed by atoms with Gasteiger partial charge in [0.2, 0.25) is 0 Å². The van der Waals surface area contributed by atoms with Gasteiger partial charge in [0, 0.05) is 0 Å². The van der Waals surface area contributed by atoms with Gasteiger partial charge >= 0.3 is 5.97 Å². The van der Waals surface area contributed by atoms with Gasteiger partial charge in [-0.1, -0.05) is 20.8 Å². The third kappa shape index (κ3) is 3.60. The number of carbonyl (C=O) groups excluding carboxylic acids is 1. The topological polar surface area (TPSA) is 50.1 Å². The molecule has 0 bridgehead atoms. The molecule has 0 aromatic heterocycles. The van der Waals surface area contributed by atoms with Crippen LogP contribution in [0.1, 0.15) is 27.2 Å². The van der Waals surface area contributed by atoms with E-state index in [9.17, 15) is 4.79 Å². The van der Waals surface area contributed by atoms with Gasteiger partial charge in [0.05, 0.1) is 6.07 Å². The van der Waals surface area contributed by atoms with E-state index in [-0.39, 0.29) is 11.5 Å². The van der Waals surface area contributed by atoms with Crippen LogP contribution in [0.25, 0.3) is 0 Å². The highest BCUT2D eigenvalue weighted by Gasteiger charge is 2.40. The van der Waals surface area contributed by atoms with Crippen LogP contribution in [0.15, 0.2) is 0 Å². The first-order valence-electron chi connectivity index (χ1n) is 4.29. The van der Waals surface area contributed by atoms with Gasteiger partial charge in [-0.15, -0.1) is 0 Å². The minimum Gasteiger partial charge on any atom is -0.518 e. The Morgan fingerprint density at radius 3 is 2.23 bits per heavy atom. The summed E-state index contributed by atoms with van der Waals surface area (Å²) in [5.41, 5.74) is 0. The zero-order valence-corrected chi connectivity index (χ0v) is 9.97. The lowest BCUT2D eigenvalue weighted by molar-refractivity contribution is -0.134. The molecule has 0 aliphatic carbocycles. The maximum Gasteiger partial charge on any atom is 0.306 e. The van der Waals surface area contributed by atoms with Crippen LogP contribution in [0.3, 0.4) is 0 Å². The largest absolute Gasteiger partial charge is 0.518 e. The van der Waals surface area contributed by atoms with E-state index in [0.29, 0.717) is 0 Å². The Hall–Kier alpha value is -0.823. The summed E-state index contributed by atoms with van der Waals surface area (Å²) < 4.78 is 5.32. The minimum absolute atomic E-state index is 0.0120. The number of hydrogen-bond acceptors (Lipinski definition) is 3. The molecule has 0 N–H and O–H groups in total. The Kier molecular flexibility index (Phi) is 3.67. The van der Waals surface area contributed by atoms with Gasteiger partial charge in [0.15, 0.2) is 0 Å². The molecule has 0 saturated carbocycles. The number of nitrogens with zero attached hydrogens (tertiary/aromatic N) is 1. The smallest absolute Gasteiger partial charge is 0.306 e. The first-order valence-corrected chi connectivity index (χ1v) is 7.20. The molecule has 0 atom stereocenters. The van der Waals surface area contributed by atoms with Crippen molar-refractivity contribution in [2.24, 2.45) is 0 Å². The molecule has 0 saturated heterocycles. The second kappa shape index (κ2) is 3.92. The number of rotatable bonds is 2. The van der Waals surface area contributed by atoms with Crippen molar-refractivity contribution in [3.05, 3.63) is 0 Å². The standard InChI is InChI=1S/C9H17NO2Si/c1-9(2,3)13(4,5)12-8(11)6-7-10/h6H2,1-5H3.